The van der Waals surface area contributed by atoms with Crippen molar-refractivity contribution < 1.29 is 27.3 Å². The molecule has 0 heterocycles. The van der Waals surface area contributed by atoms with Crippen molar-refractivity contribution in [2.45, 2.75) is 0 Å². The minimum absolute atomic E-state index is 0. The zero-order valence-electron chi connectivity index (χ0n) is 8.05. The van der Waals surface area contributed by atoms with E-state index in [2.05, 4.69) is 0 Å². The third kappa shape index (κ3) is 6.61. The Morgan fingerprint density at radius 1 is 0.533 bits per heavy atom. The molecular weight excluding hydrogens is 231 g/mol. The van der Waals surface area contributed by atoms with Gasteiger partial charge in [0.05, 0.1) is 0 Å². The third-order valence-corrected chi connectivity index (χ3v) is 1.51. The average molecular weight is 243 g/mol. The second-order valence-electron chi connectivity index (χ2n) is 2.67. The second-order valence-corrected chi connectivity index (χ2v) is 2.67. The molecule has 1 radical (unpaired) electrons. The summed E-state index contributed by atoms with van der Waals surface area (Å²) in [5.74, 6) is 0.644. The molecule has 79 valence electrons. The quantitative estimate of drug-likeness (QED) is 0.698. The second kappa shape index (κ2) is 7.92. The summed E-state index contributed by atoms with van der Waals surface area (Å²) >= 11 is 0. The molecule has 0 saturated heterocycles. The molecule has 0 atom stereocenters. The number of hydrogen-bond acceptors (Lipinski definition) is 2. The van der Waals surface area contributed by atoms with Crippen LogP contribution in [-0.2, 0) is 17.1 Å². The van der Waals surface area contributed by atoms with E-state index in [0.717, 1.165) is 0 Å². The third-order valence-electron chi connectivity index (χ3n) is 1.51. The van der Waals surface area contributed by atoms with Gasteiger partial charge in [-0.05, 0) is 24.3 Å². The largest absolute Gasteiger partial charge is 0.508 e. The smallest absolute Gasteiger partial charge is 0.115 e. The van der Waals surface area contributed by atoms with Gasteiger partial charge in [0.25, 0.3) is 0 Å². The van der Waals surface area contributed by atoms with Gasteiger partial charge in [-0.3, -0.25) is 0 Å². The number of phenols is 2. The van der Waals surface area contributed by atoms with Crippen molar-refractivity contribution in [3.63, 3.8) is 0 Å². The number of phenolic OH excluding ortho intramolecular Hbond substituents is 2. The van der Waals surface area contributed by atoms with Crippen molar-refractivity contribution in [1.82, 2.24) is 0 Å². The van der Waals surface area contributed by atoms with Crippen LogP contribution in [0, 0.1) is 0 Å². The van der Waals surface area contributed by atoms with E-state index in [-0.39, 0.29) is 17.1 Å². The number of benzene rings is 2. The summed E-state index contributed by atoms with van der Waals surface area (Å²) in [6.07, 6.45) is 0. The molecule has 2 aromatic carbocycles. The number of hydrogen-bond donors (Lipinski definition) is 2. The van der Waals surface area contributed by atoms with E-state index in [1.165, 1.54) is 0 Å². The summed E-state index contributed by atoms with van der Waals surface area (Å²) in [7, 11) is 0. The molecule has 0 unspecified atom stereocenters. The first-order chi connectivity index (χ1) is 6.79. The van der Waals surface area contributed by atoms with Crippen LogP contribution in [0.25, 0.3) is 0 Å². The molecule has 3 heteroatoms. The zero-order valence-corrected chi connectivity index (χ0v) is 9.23. The van der Waals surface area contributed by atoms with E-state index < -0.39 is 0 Å². The van der Waals surface area contributed by atoms with Crippen LogP contribution in [0.1, 0.15) is 0 Å². The van der Waals surface area contributed by atoms with Crippen LogP contribution in [-0.4, -0.2) is 10.2 Å². The minimum Gasteiger partial charge on any atom is -0.508 e. The molecule has 0 aromatic heterocycles. The molecule has 0 spiro atoms. The SMILES string of the molecule is Oc1ccccc1.Oc1ccccc1.[Mn]. The summed E-state index contributed by atoms with van der Waals surface area (Å²) in [6.45, 7) is 0. The first-order valence-corrected chi connectivity index (χ1v) is 4.27. The van der Waals surface area contributed by atoms with Crippen LogP contribution in [0.5, 0.6) is 11.5 Å². The average Bonchev–Trinajstić information content (AvgIpc) is 2.21. The van der Waals surface area contributed by atoms with Crippen molar-refractivity contribution in [2.75, 3.05) is 0 Å². The first-order valence-electron chi connectivity index (χ1n) is 4.27. The van der Waals surface area contributed by atoms with Gasteiger partial charge in [-0.25, -0.2) is 0 Å². The van der Waals surface area contributed by atoms with E-state index in [0.29, 0.717) is 11.5 Å². The molecule has 0 fully saturated rings. The maximum absolute atomic E-state index is 8.63. The fourth-order valence-corrected chi connectivity index (χ4v) is 0.856. The van der Waals surface area contributed by atoms with Gasteiger partial charge >= 0.3 is 0 Å². The molecule has 0 bridgehead atoms. The summed E-state index contributed by atoms with van der Waals surface area (Å²) < 4.78 is 0. The molecule has 15 heavy (non-hydrogen) atoms. The van der Waals surface area contributed by atoms with Crippen LogP contribution in [0.2, 0.25) is 0 Å². The van der Waals surface area contributed by atoms with Gasteiger partial charge < -0.3 is 10.2 Å². The zero-order chi connectivity index (χ0) is 10.2. The van der Waals surface area contributed by atoms with Crippen LogP contribution in [0.15, 0.2) is 60.7 Å². The molecule has 2 rings (SSSR count). The normalized spacial score (nSPS) is 8.00. The molecule has 0 aliphatic heterocycles. The van der Waals surface area contributed by atoms with E-state index in [4.69, 9.17) is 10.2 Å². The van der Waals surface area contributed by atoms with Crippen LogP contribution in [0.4, 0.5) is 0 Å². The fourth-order valence-electron chi connectivity index (χ4n) is 0.856. The Balaban J connectivity index is 0.000000245. The summed E-state index contributed by atoms with van der Waals surface area (Å²) in [4.78, 5) is 0. The van der Waals surface area contributed by atoms with Gasteiger partial charge in [-0.1, -0.05) is 36.4 Å². The van der Waals surface area contributed by atoms with E-state index in [9.17, 15) is 0 Å². The van der Waals surface area contributed by atoms with Crippen molar-refractivity contribution in [1.29, 1.82) is 0 Å². The molecule has 2 nitrogen and oxygen atoms in total. The fraction of sp³-hybridized carbons (Fsp3) is 0. The van der Waals surface area contributed by atoms with Crippen molar-refractivity contribution >= 4 is 0 Å². The summed E-state index contributed by atoms with van der Waals surface area (Å²) in [5, 5.41) is 17.3. The standard InChI is InChI=1S/2C6H6O.Mn/c2*7-6-4-2-1-3-5-6;/h2*1-5,7H;. The number of rotatable bonds is 0. The van der Waals surface area contributed by atoms with E-state index >= 15 is 0 Å². The Hall–Kier alpha value is -1.44. The maximum atomic E-state index is 8.63. The molecule has 0 amide bonds. The molecular formula is C12H12MnO2. The molecule has 2 N–H and O–H groups in total. The monoisotopic (exact) mass is 243 g/mol. The molecule has 0 aliphatic rings. The van der Waals surface area contributed by atoms with Crippen molar-refractivity contribution in [3.05, 3.63) is 60.7 Å². The molecule has 0 saturated carbocycles. The Morgan fingerprint density at radius 2 is 0.800 bits per heavy atom. The summed E-state index contributed by atoms with van der Waals surface area (Å²) in [5.41, 5.74) is 0. The number of aromatic hydroxyl groups is 2. The predicted molar refractivity (Wildman–Crippen MR) is 56.2 cm³/mol. The van der Waals surface area contributed by atoms with Gasteiger partial charge in [0, 0.05) is 17.1 Å². The van der Waals surface area contributed by atoms with Gasteiger partial charge in [0.1, 0.15) is 11.5 Å². The van der Waals surface area contributed by atoms with Crippen molar-refractivity contribution in [2.24, 2.45) is 0 Å². The Kier molecular flexibility index (Phi) is 7.16. The number of para-hydroxylation sites is 2. The Bertz CT molecular complexity index is 311. The van der Waals surface area contributed by atoms with Gasteiger partial charge in [0.15, 0.2) is 0 Å². The molecule has 0 aliphatic carbocycles. The van der Waals surface area contributed by atoms with Crippen LogP contribution in [0.3, 0.4) is 0 Å². The maximum Gasteiger partial charge on any atom is 0.115 e. The van der Waals surface area contributed by atoms with Gasteiger partial charge in [0.2, 0.25) is 0 Å². The Morgan fingerprint density at radius 3 is 0.933 bits per heavy atom. The van der Waals surface area contributed by atoms with Gasteiger partial charge in [-0.15, -0.1) is 0 Å². The van der Waals surface area contributed by atoms with E-state index in [1.807, 2.05) is 12.1 Å². The van der Waals surface area contributed by atoms with E-state index in [1.54, 1.807) is 48.5 Å². The minimum atomic E-state index is 0. The van der Waals surface area contributed by atoms with Crippen LogP contribution < -0.4 is 0 Å². The van der Waals surface area contributed by atoms with Gasteiger partial charge in [-0.2, -0.15) is 0 Å². The molecule has 2 aromatic rings. The summed E-state index contributed by atoms with van der Waals surface area (Å²) in [6, 6.07) is 17.4. The first kappa shape index (κ1) is 13.6. The Labute approximate surface area is 99.7 Å². The van der Waals surface area contributed by atoms with Crippen LogP contribution >= 0.6 is 0 Å². The predicted octanol–water partition coefficient (Wildman–Crippen LogP) is 2.78. The van der Waals surface area contributed by atoms with Crippen molar-refractivity contribution in [3.8, 4) is 11.5 Å². The topological polar surface area (TPSA) is 40.5 Å².